The lowest BCUT2D eigenvalue weighted by Gasteiger charge is -2.26. The van der Waals surface area contributed by atoms with Crippen LogP contribution in [0.25, 0.3) is 6.08 Å². The second-order valence-electron chi connectivity index (χ2n) is 6.47. The van der Waals surface area contributed by atoms with Crippen LogP contribution in [-0.2, 0) is 9.59 Å². The molecule has 1 saturated heterocycles. The first kappa shape index (κ1) is 18.5. The quantitative estimate of drug-likeness (QED) is 0.633. The predicted molar refractivity (Wildman–Crippen MR) is 104 cm³/mol. The maximum atomic E-state index is 13.0. The SMILES string of the molecule is CCOc1cc2c(cc1/C=C1\C(=O)NC(=O)N(c3ccc(C)cc3)C1=O)OCO2. The van der Waals surface area contributed by atoms with E-state index in [1.54, 1.807) is 36.4 Å². The molecular weight excluding hydrogens is 376 g/mol. The molecule has 0 unspecified atom stereocenters. The summed E-state index contributed by atoms with van der Waals surface area (Å²) in [6.07, 6.45) is 1.39. The number of benzene rings is 2. The number of fused-ring (bicyclic) bond motifs is 1. The minimum atomic E-state index is -0.795. The first-order chi connectivity index (χ1) is 14.0. The molecule has 0 bridgehead atoms. The number of amides is 4. The van der Waals surface area contributed by atoms with E-state index in [1.807, 2.05) is 13.8 Å². The maximum Gasteiger partial charge on any atom is 0.335 e. The number of imide groups is 2. The van der Waals surface area contributed by atoms with Crippen molar-refractivity contribution >= 4 is 29.6 Å². The molecule has 4 amide bonds. The number of barbiturate groups is 1. The van der Waals surface area contributed by atoms with Crippen molar-refractivity contribution in [2.45, 2.75) is 13.8 Å². The molecule has 2 heterocycles. The summed E-state index contributed by atoms with van der Waals surface area (Å²) in [4.78, 5) is 38.7. The molecule has 0 saturated carbocycles. The van der Waals surface area contributed by atoms with E-state index in [2.05, 4.69) is 5.32 Å². The van der Waals surface area contributed by atoms with Gasteiger partial charge in [0.05, 0.1) is 12.3 Å². The highest BCUT2D eigenvalue weighted by atomic mass is 16.7. The van der Waals surface area contributed by atoms with Crippen LogP contribution in [0.3, 0.4) is 0 Å². The minimum Gasteiger partial charge on any atom is -0.493 e. The number of hydrogen-bond donors (Lipinski definition) is 1. The van der Waals surface area contributed by atoms with Crippen LogP contribution in [0.2, 0.25) is 0 Å². The molecule has 0 radical (unpaired) electrons. The van der Waals surface area contributed by atoms with E-state index in [0.29, 0.717) is 35.1 Å². The van der Waals surface area contributed by atoms with Crippen LogP contribution >= 0.6 is 0 Å². The Morgan fingerprint density at radius 1 is 1.10 bits per heavy atom. The fraction of sp³-hybridized carbons (Fsp3) is 0.190. The highest BCUT2D eigenvalue weighted by Gasteiger charge is 2.37. The van der Waals surface area contributed by atoms with Gasteiger partial charge in [0.25, 0.3) is 11.8 Å². The third kappa shape index (κ3) is 3.40. The van der Waals surface area contributed by atoms with E-state index < -0.39 is 17.8 Å². The monoisotopic (exact) mass is 394 g/mol. The molecule has 2 aromatic carbocycles. The highest BCUT2D eigenvalue weighted by molar-refractivity contribution is 6.39. The molecule has 8 heteroatoms. The Balaban J connectivity index is 1.76. The number of rotatable bonds is 4. The third-order valence-corrected chi connectivity index (χ3v) is 4.50. The van der Waals surface area contributed by atoms with Crippen LogP contribution in [-0.4, -0.2) is 31.2 Å². The summed E-state index contributed by atoms with van der Waals surface area (Å²) in [7, 11) is 0. The zero-order valence-corrected chi connectivity index (χ0v) is 15.9. The zero-order chi connectivity index (χ0) is 20.5. The van der Waals surface area contributed by atoms with Gasteiger partial charge in [-0.1, -0.05) is 17.7 Å². The van der Waals surface area contributed by atoms with Gasteiger partial charge in [0.1, 0.15) is 11.3 Å². The first-order valence-electron chi connectivity index (χ1n) is 9.02. The molecule has 148 valence electrons. The summed E-state index contributed by atoms with van der Waals surface area (Å²) in [6.45, 7) is 4.17. The Morgan fingerprint density at radius 3 is 2.48 bits per heavy atom. The lowest BCUT2D eigenvalue weighted by atomic mass is 10.0. The average molecular weight is 394 g/mol. The number of aryl methyl sites for hydroxylation is 1. The number of urea groups is 1. The number of nitrogens with zero attached hydrogens (tertiary/aromatic N) is 1. The number of ether oxygens (including phenoxy) is 3. The minimum absolute atomic E-state index is 0.0794. The molecule has 0 spiro atoms. The van der Waals surface area contributed by atoms with E-state index >= 15 is 0 Å². The van der Waals surface area contributed by atoms with Crippen LogP contribution in [0.4, 0.5) is 10.5 Å². The second kappa shape index (κ2) is 7.31. The smallest absolute Gasteiger partial charge is 0.335 e. The number of anilines is 1. The second-order valence-corrected chi connectivity index (χ2v) is 6.47. The van der Waals surface area contributed by atoms with Gasteiger partial charge >= 0.3 is 6.03 Å². The van der Waals surface area contributed by atoms with Gasteiger partial charge in [0.15, 0.2) is 11.5 Å². The van der Waals surface area contributed by atoms with Gasteiger partial charge in [-0.05, 0) is 38.1 Å². The Hall–Kier alpha value is -3.81. The summed E-state index contributed by atoms with van der Waals surface area (Å²) in [5, 5.41) is 2.21. The largest absolute Gasteiger partial charge is 0.493 e. The predicted octanol–water partition coefficient (Wildman–Crippen LogP) is 2.79. The van der Waals surface area contributed by atoms with E-state index in [-0.39, 0.29) is 12.4 Å². The van der Waals surface area contributed by atoms with Crippen LogP contribution in [0, 0.1) is 6.92 Å². The topological polar surface area (TPSA) is 94.2 Å². The lowest BCUT2D eigenvalue weighted by Crippen LogP contribution is -2.54. The van der Waals surface area contributed by atoms with Gasteiger partial charge in [-0.25, -0.2) is 9.69 Å². The summed E-state index contributed by atoms with van der Waals surface area (Å²) >= 11 is 0. The standard InChI is InChI=1S/C21H18N2O6/c1-3-27-16-10-18-17(28-11-29-18)9-13(16)8-15-19(24)22-21(26)23(20(15)25)14-6-4-12(2)5-7-14/h4-10H,3,11H2,1-2H3,(H,22,24,26)/b15-8+. The van der Waals surface area contributed by atoms with Crippen molar-refractivity contribution in [3.63, 3.8) is 0 Å². The summed E-state index contributed by atoms with van der Waals surface area (Å²) in [5.41, 5.74) is 1.62. The zero-order valence-electron chi connectivity index (χ0n) is 15.9. The van der Waals surface area contributed by atoms with Gasteiger partial charge in [-0.15, -0.1) is 0 Å². The van der Waals surface area contributed by atoms with Crippen LogP contribution in [0.1, 0.15) is 18.1 Å². The van der Waals surface area contributed by atoms with Gasteiger partial charge in [0, 0.05) is 11.6 Å². The third-order valence-electron chi connectivity index (χ3n) is 4.50. The molecule has 1 fully saturated rings. The molecule has 2 aliphatic rings. The Kier molecular flexibility index (Phi) is 4.67. The summed E-state index contributed by atoms with van der Waals surface area (Å²) in [6, 6.07) is 9.33. The van der Waals surface area contributed by atoms with Gasteiger partial charge in [0.2, 0.25) is 6.79 Å². The first-order valence-corrected chi connectivity index (χ1v) is 9.02. The van der Waals surface area contributed by atoms with Crippen molar-refractivity contribution in [3.8, 4) is 17.2 Å². The van der Waals surface area contributed by atoms with Crippen molar-refractivity contribution < 1.29 is 28.6 Å². The molecule has 4 rings (SSSR count). The molecule has 1 N–H and O–H groups in total. The van der Waals surface area contributed by atoms with Gasteiger partial charge in [-0.3, -0.25) is 14.9 Å². The van der Waals surface area contributed by atoms with Crippen molar-refractivity contribution in [1.29, 1.82) is 0 Å². The lowest BCUT2D eigenvalue weighted by molar-refractivity contribution is -0.122. The number of carbonyl (C=O) groups excluding carboxylic acids is 3. The van der Waals surface area contributed by atoms with E-state index in [1.165, 1.54) is 6.08 Å². The van der Waals surface area contributed by atoms with Gasteiger partial charge < -0.3 is 14.2 Å². The number of nitrogens with one attached hydrogen (secondary N) is 1. The number of carbonyl (C=O) groups is 3. The molecule has 2 aliphatic heterocycles. The van der Waals surface area contributed by atoms with Crippen LogP contribution in [0.15, 0.2) is 42.0 Å². The van der Waals surface area contributed by atoms with Crippen LogP contribution < -0.4 is 24.4 Å². The normalized spacial score (nSPS) is 17.0. The molecule has 0 atom stereocenters. The Labute approximate surface area is 166 Å². The molecule has 2 aromatic rings. The van der Waals surface area contributed by atoms with Crippen LogP contribution in [0.5, 0.6) is 17.2 Å². The van der Waals surface area contributed by atoms with Crippen molar-refractivity contribution in [2.24, 2.45) is 0 Å². The summed E-state index contributed by atoms with van der Waals surface area (Å²) < 4.78 is 16.3. The highest BCUT2D eigenvalue weighted by Crippen LogP contribution is 2.39. The van der Waals surface area contributed by atoms with Crippen molar-refractivity contribution in [2.75, 3.05) is 18.3 Å². The molecule has 0 aromatic heterocycles. The summed E-state index contributed by atoms with van der Waals surface area (Å²) in [5.74, 6) is -0.0586. The molecule has 0 aliphatic carbocycles. The molecule has 29 heavy (non-hydrogen) atoms. The van der Waals surface area contributed by atoms with Gasteiger partial charge in [-0.2, -0.15) is 0 Å². The molecule has 8 nitrogen and oxygen atoms in total. The van der Waals surface area contributed by atoms with Crippen molar-refractivity contribution in [1.82, 2.24) is 5.32 Å². The number of hydrogen-bond acceptors (Lipinski definition) is 6. The average Bonchev–Trinajstić information content (AvgIpc) is 3.14. The maximum absolute atomic E-state index is 13.0. The fourth-order valence-electron chi connectivity index (χ4n) is 3.07. The Bertz CT molecular complexity index is 1040. The molecular formula is C21H18N2O6. The van der Waals surface area contributed by atoms with E-state index in [9.17, 15) is 14.4 Å². The van der Waals surface area contributed by atoms with Crippen molar-refractivity contribution in [3.05, 3.63) is 53.1 Å². The van der Waals surface area contributed by atoms with E-state index in [0.717, 1.165) is 10.5 Å². The fourth-order valence-corrected chi connectivity index (χ4v) is 3.07. The Morgan fingerprint density at radius 2 is 1.79 bits per heavy atom. The van der Waals surface area contributed by atoms with E-state index in [4.69, 9.17) is 14.2 Å².